The van der Waals surface area contributed by atoms with Gasteiger partial charge in [-0.25, -0.2) is 22.8 Å². The number of rotatable bonds is 15. The minimum atomic E-state index is -4.00. The molecule has 0 saturated carbocycles. The maximum Gasteiger partial charge on any atom is 0.347 e. The number of hydrogen-bond acceptors (Lipinski definition) is 14. The number of nitrogens with one attached hydrogen (secondary N) is 1. The average Bonchev–Trinajstić information content (AvgIpc) is 3.30. The van der Waals surface area contributed by atoms with Crippen molar-refractivity contribution < 1.29 is 65.8 Å². The number of carbonyl (C=O) groups is 3. The van der Waals surface area contributed by atoms with E-state index in [1.54, 1.807) is 48.5 Å². The molecule has 0 spiro atoms. The van der Waals surface area contributed by atoms with E-state index in [1.165, 1.54) is 108 Å². The highest BCUT2D eigenvalue weighted by molar-refractivity contribution is 7.92. The van der Waals surface area contributed by atoms with Crippen LogP contribution in [0.25, 0.3) is 0 Å². The number of aliphatic hydroxyl groups excluding tert-OH is 1. The number of ether oxygens (including phenoxy) is 8. The van der Waals surface area contributed by atoms with Gasteiger partial charge in [0.15, 0.2) is 11.5 Å². The van der Waals surface area contributed by atoms with E-state index in [9.17, 15) is 27.9 Å². The summed E-state index contributed by atoms with van der Waals surface area (Å²) in [4.78, 5) is 38.6. The zero-order valence-electron chi connectivity index (χ0n) is 34.4. The first-order chi connectivity index (χ1) is 30.4. The fourth-order valence-electron chi connectivity index (χ4n) is 5.85. The standard InChI is InChI=1S/C47H39NO14S/c1-55-40-25-38(41(56-2)24-32(40)28-49)46(51)61-35-18-12-31(13-19-35)45(50)60-34-16-10-30(11-17-34)7-6-29-8-14-33(15-9-29)48-63(53,54)37-22-20-36(21-23-37)62-47(52)39-26-43(58-4)44(59-5)27-42(39)57-3/h8-27,48-49H,28H2,1-5H3. The molecule has 0 bridgehead atoms. The highest BCUT2D eigenvalue weighted by Crippen LogP contribution is 2.35. The van der Waals surface area contributed by atoms with Gasteiger partial charge in [-0.05, 0) is 109 Å². The van der Waals surface area contributed by atoms with Crippen LogP contribution in [0.1, 0.15) is 47.8 Å². The fourth-order valence-corrected chi connectivity index (χ4v) is 6.91. The lowest BCUT2D eigenvalue weighted by molar-refractivity contribution is 0.0719. The highest BCUT2D eigenvalue weighted by Gasteiger charge is 2.22. The van der Waals surface area contributed by atoms with Gasteiger partial charge in [0.2, 0.25) is 0 Å². The van der Waals surface area contributed by atoms with Crippen molar-refractivity contribution in [3.63, 3.8) is 0 Å². The Balaban J connectivity index is 1.01. The van der Waals surface area contributed by atoms with E-state index in [-0.39, 0.29) is 56.9 Å². The Kier molecular flexibility index (Phi) is 14.2. The highest BCUT2D eigenvalue weighted by atomic mass is 32.2. The molecule has 0 atom stereocenters. The van der Waals surface area contributed by atoms with Crippen LogP contribution in [0.3, 0.4) is 0 Å². The second kappa shape index (κ2) is 20.0. The number of aliphatic hydroxyl groups is 1. The quantitative estimate of drug-likeness (QED) is 0.0604. The Bertz CT molecular complexity index is 2800. The van der Waals surface area contributed by atoms with E-state index in [0.717, 1.165) is 0 Å². The number of anilines is 1. The third-order valence-corrected chi connectivity index (χ3v) is 10.5. The van der Waals surface area contributed by atoms with Gasteiger partial charge < -0.3 is 43.0 Å². The summed E-state index contributed by atoms with van der Waals surface area (Å²) in [5.74, 6) is 5.80. The number of sulfonamides is 1. The Morgan fingerprint density at radius 1 is 0.508 bits per heavy atom. The summed E-state index contributed by atoms with van der Waals surface area (Å²) < 4.78 is 71.6. The first kappa shape index (κ1) is 44.5. The van der Waals surface area contributed by atoms with Crippen LogP contribution in [0, 0.1) is 11.8 Å². The lowest BCUT2D eigenvalue weighted by atomic mass is 10.1. The Morgan fingerprint density at radius 3 is 1.41 bits per heavy atom. The molecule has 2 N–H and O–H groups in total. The van der Waals surface area contributed by atoms with Crippen LogP contribution in [0.4, 0.5) is 5.69 Å². The number of benzene rings is 6. The molecule has 6 rings (SSSR count). The van der Waals surface area contributed by atoms with Crippen molar-refractivity contribution in [3.05, 3.63) is 155 Å². The van der Waals surface area contributed by atoms with Gasteiger partial charge in [-0.1, -0.05) is 11.8 Å². The van der Waals surface area contributed by atoms with Crippen molar-refractivity contribution >= 4 is 33.6 Å². The van der Waals surface area contributed by atoms with Crippen molar-refractivity contribution in [1.29, 1.82) is 0 Å². The van der Waals surface area contributed by atoms with E-state index < -0.39 is 27.9 Å². The topological polar surface area (TPSA) is 191 Å². The maximum atomic E-state index is 13.1. The molecule has 6 aromatic carbocycles. The first-order valence-electron chi connectivity index (χ1n) is 18.7. The van der Waals surface area contributed by atoms with E-state index >= 15 is 0 Å². The molecule has 0 aliphatic carbocycles. The molecule has 6 aromatic rings. The van der Waals surface area contributed by atoms with Gasteiger partial charge in [0, 0.05) is 34.5 Å². The summed E-state index contributed by atoms with van der Waals surface area (Å²) in [6, 6.07) is 29.9. The number of methoxy groups -OCH3 is 5. The van der Waals surface area contributed by atoms with E-state index in [4.69, 9.17) is 37.9 Å². The second-order valence-corrected chi connectivity index (χ2v) is 14.7. The van der Waals surface area contributed by atoms with Crippen LogP contribution in [-0.4, -0.2) is 67.0 Å². The monoisotopic (exact) mass is 873 g/mol. The summed E-state index contributed by atoms with van der Waals surface area (Å²) in [6.07, 6.45) is 0. The molecule has 0 aliphatic rings. The van der Waals surface area contributed by atoms with Crippen LogP contribution >= 0.6 is 0 Å². The molecule has 0 unspecified atom stereocenters. The van der Waals surface area contributed by atoms with Crippen LogP contribution in [0.2, 0.25) is 0 Å². The first-order valence-corrected chi connectivity index (χ1v) is 20.1. The van der Waals surface area contributed by atoms with Crippen LogP contribution in [-0.2, 0) is 16.6 Å². The largest absolute Gasteiger partial charge is 0.496 e. The van der Waals surface area contributed by atoms with Crippen molar-refractivity contribution in [3.8, 4) is 57.8 Å². The number of esters is 3. The molecule has 0 heterocycles. The normalized spacial score (nSPS) is 10.6. The van der Waals surface area contributed by atoms with Gasteiger partial charge in [-0.3, -0.25) is 4.72 Å². The molecule has 16 heteroatoms. The molecule has 63 heavy (non-hydrogen) atoms. The predicted molar refractivity (Wildman–Crippen MR) is 229 cm³/mol. The smallest absolute Gasteiger partial charge is 0.347 e. The Hall–Kier alpha value is -8.00. The van der Waals surface area contributed by atoms with Gasteiger partial charge in [-0.2, -0.15) is 0 Å². The predicted octanol–water partition coefficient (Wildman–Crippen LogP) is 7.08. The van der Waals surface area contributed by atoms with Gasteiger partial charge in [0.1, 0.15) is 45.6 Å². The lowest BCUT2D eigenvalue weighted by Crippen LogP contribution is -2.13. The minimum absolute atomic E-state index is 0.0632. The Labute approximate surface area is 362 Å². The molecule has 0 fully saturated rings. The average molecular weight is 874 g/mol. The molecule has 322 valence electrons. The summed E-state index contributed by atoms with van der Waals surface area (Å²) >= 11 is 0. The van der Waals surface area contributed by atoms with Crippen LogP contribution in [0.15, 0.2) is 126 Å². The maximum absolute atomic E-state index is 13.1. The minimum Gasteiger partial charge on any atom is -0.496 e. The van der Waals surface area contributed by atoms with E-state index in [2.05, 4.69) is 16.6 Å². The fraction of sp³-hybridized carbons (Fsp3) is 0.128. The molecular formula is C47H39NO14S. The van der Waals surface area contributed by atoms with Crippen molar-refractivity contribution in [2.24, 2.45) is 0 Å². The molecular weight excluding hydrogens is 835 g/mol. The summed E-state index contributed by atoms with van der Waals surface area (Å²) in [5, 5.41) is 9.56. The number of hydrogen-bond donors (Lipinski definition) is 2. The molecule has 0 amide bonds. The lowest BCUT2D eigenvalue weighted by Gasteiger charge is -2.13. The summed E-state index contributed by atoms with van der Waals surface area (Å²) in [7, 11) is 3.07. The van der Waals surface area contributed by atoms with Crippen LogP contribution in [0.5, 0.6) is 46.0 Å². The van der Waals surface area contributed by atoms with Gasteiger partial charge >= 0.3 is 17.9 Å². The van der Waals surface area contributed by atoms with Gasteiger partial charge in [-0.15, -0.1) is 0 Å². The molecule has 0 saturated heterocycles. The van der Waals surface area contributed by atoms with Crippen molar-refractivity contribution in [2.45, 2.75) is 11.5 Å². The van der Waals surface area contributed by atoms with Crippen LogP contribution < -0.4 is 42.6 Å². The van der Waals surface area contributed by atoms with Crippen molar-refractivity contribution in [2.75, 3.05) is 40.3 Å². The zero-order chi connectivity index (χ0) is 45.1. The van der Waals surface area contributed by atoms with E-state index in [0.29, 0.717) is 39.6 Å². The molecule has 0 aromatic heterocycles. The van der Waals surface area contributed by atoms with Gasteiger partial charge in [0.05, 0.1) is 52.6 Å². The van der Waals surface area contributed by atoms with Gasteiger partial charge in [0.25, 0.3) is 10.0 Å². The number of carbonyl (C=O) groups excluding carboxylic acids is 3. The van der Waals surface area contributed by atoms with E-state index in [1.807, 2.05) is 0 Å². The Morgan fingerprint density at radius 2 is 0.921 bits per heavy atom. The summed E-state index contributed by atoms with van der Waals surface area (Å²) in [6.45, 7) is -0.314. The molecule has 15 nitrogen and oxygen atoms in total. The molecule has 0 aliphatic heterocycles. The van der Waals surface area contributed by atoms with Crippen molar-refractivity contribution in [1.82, 2.24) is 0 Å². The third-order valence-electron chi connectivity index (χ3n) is 9.12. The zero-order valence-corrected chi connectivity index (χ0v) is 35.2. The summed E-state index contributed by atoms with van der Waals surface area (Å²) in [5.41, 5.74) is 2.35. The SMILES string of the molecule is COc1cc(C(=O)Oc2ccc(C(=O)Oc3ccc(C#Cc4ccc(NS(=O)(=O)c5ccc(OC(=O)c6cc(OC)c(OC)cc6OC)cc5)cc4)cc3)cc2)c(OC)cc1CO. The molecule has 0 radical (unpaired) electrons. The second-order valence-electron chi connectivity index (χ2n) is 13.1. The third kappa shape index (κ3) is 10.9.